The van der Waals surface area contributed by atoms with Gasteiger partial charge in [-0.15, -0.1) is 0 Å². The van der Waals surface area contributed by atoms with Crippen molar-refractivity contribution in [3.8, 4) is 11.8 Å². The predicted octanol–water partition coefficient (Wildman–Crippen LogP) is 2.90. The van der Waals surface area contributed by atoms with Gasteiger partial charge in [-0.05, 0) is 49.4 Å². The average molecular weight is 320 g/mol. The quantitative estimate of drug-likeness (QED) is 0.918. The number of anilines is 1. The number of halogens is 1. The summed E-state index contributed by atoms with van der Waals surface area (Å²) in [7, 11) is -3.92. The van der Waals surface area contributed by atoms with Crippen molar-refractivity contribution in [2.45, 2.75) is 11.8 Å². The second kappa shape index (κ2) is 6.45. The van der Waals surface area contributed by atoms with Gasteiger partial charge in [-0.25, -0.2) is 12.8 Å². The molecule has 0 unspecified atom stereocenters. The molecule has 7 heteroatoms. The SMILES string of the molecule is CCOc1ccc(S(=O)(=O)Nc2ccc(C#N)cc2)cc1F. The number of hydrogen-bond acceptors (Lipinski definition) is 4. The average Bonchev–Trinajstić information content (AvgIpc) is 2.50. The summed E-state index contributed by atoms with van der Waals surface area (Å²) in [5.41, 5.74) is 0.698. The van der Waals surface area contributed by atoms with Gasteiger partial charge in [-0.1, -0.05) is 0 Å². The van der Waals surface area contributed by atoms with Crippen LogP contribution in [0.25, 0.3) is 0 Å². The zero-order valence-electron chi connectivity index (χ0n) is 11.7. The van der Waals surface area contributed by atoms with Crippen LogP contribution in [0.1, 0.15) is 12.5 Å². The Morgan fingerprint density at radius 2 is 1.91 bits per heavy atom. The molecule has 0 radical (unpaired) electrons. The van der Waals surface area contributed by atoms with Crippen LogP contribution in [0.5, 0.6) is 5.75 Å². The van der Waals surface area contributed by atoms with Crippen LogP contribution in [-0.2, 0) is 10.0 Å². The third-order valence-corrected chi connectivity index (χ3v) is 4.16. The van der Waals surface area contributed by atoms with Crippen molar-refractivity contribution >= 4 is 15.7 Å². The lowest BCUT2D eigenvalue weighted by atomic mass is 10.2. The lowest BCUT2D eigenvalue weighted by Gasteiger charge is -2.10. The van der Waals surface area contributed by atoms with Crippen LogP contribution < -0.4 is 9.46 Å². The molecule has 0 aliphatic heterocycles. The maximum absolute atomic E-state index is 13.8. The largest absolute Gasteiger partial charge is 0.491 e. The summed E-state index contributed by atoms with van der Waals surface area (Å²) in [4.78, 5) is -0.210. The van der Waals surface area contributed by atoms with E-state index in [-0.39, 0.29) is 22.9 Å². The predicted molar refractivity (Wildman–Crippen MR) is 79.5 cm³/mol. The van der Waals surface area contributed by atoms with Gasteiger partial charge in [0.1, 0.15) is 0 Å². The minimum atomic E-state index is -3.92. The number of sulfonamides is 1. The van der Waals surface area contributed by atoms with E-state index >= 15 is 0 Å². The summed E-state index contributed by atoms with van der Waals surface area (Å²) in [5.74, 6) is -0.746. The minimum absolute atomic E-state index is 0.000164. The monoisotopic (exact) mass is 320 g/mol. The van der Waals surface area contributed by atoms with Gasteiger partial charge in [-0.3, -0.25) is 4.72 Å². The van der Waals surface area contributed by atoms with Crippen molar-refractivity contribution in [1.29, 1.82) is 5.26 Å². The maximum atomic E-state index is 13.8. The standard InChI is InChI=1S/C15H13FN2O3S/c1-2-21-15-8-7-13(9-14(15)16)22(19,20)18-12-5-3-11(10-17)4-6-12/h3-9,18H,2H2,1H3. The molecule has 22 heavy (non-hydrogen) atoms. The molecule has 0 spiro atoms. The zero-order valence-corrected chi connectivity index (χ0v) is 12.5. The Hall–Kier alpha value is -2.59. The van der Waals surface area contributed by atoms with Gasteiger partial charge in [0.15, 0.2) is 11.6 Å². The molecule has 0 aliphatic rings. The fourth-order valence-electron chi connectivity index (χ4n) is 1.75. The summed E-state index contributed by atoms with van der Waals surface area (Å²) in [6.45, 7) is 1.99. The van der Waals surface area contributed by atoms with Gasteiger partial charge in [0.05, 0.1) is 23.1 Å². The van der Waals surface area contributed by atoms with Crippen molar-refractivity contribution < 1.29 is 17.5 Å². The number of hydrogen-bond donors (Lipinski definition) is 1. The molecule has 2 aromatic carbocycles. The molecule has 0 heterocycles. The van der Waals surface area contributed by atoms with E-state index in [9.17, 15) is 12.8 Å². The number of nitriles is 1. The minimum Gasteiger partial charge on any atom is -0.491 e. The molecular weight excluding hydrogens is 307 g/mol. The number of benzene rings is 2. The molecule has 0 aromatic heterocycles. The molecule has 0 saturated heterocycles. The second-order valence-corrected chi connectivity index (χ2v) is 6.00. The molecule has 0 fully saturated rings. The van der Waals surface area contributed by atoms with Crippen molar-refractivity contribution in [2.24, 2.45) is 0 Å². The maximum Gasteiger partial charge on any atom is 0.262 e. The highest BCUT2D eigenvalue weighted by Crippen LogP contribution is 2.23. The first-order valence-electron chi connectivity index (χ1n) is 6.41. The fourth-order valence-corrected chi connectivity index (χ4v) is 2.82. The van der Waals surface area contributed by atoms with Crippen molar-refractivity contribution in [1.82, 2.24) is 0 Å². The van der Waals surface area contributed by atoms with Gasteiger partial charge in [0.25, 0.3) is 10.0 Å². The smallest absolute Gasteiger partial charge is 0.262 e. The molecule has 2 aromatic rings. The van der Waals surface area contributed by atoms with Crippen molar-refractivity contribution in [3.05, 3.63) is 53.8 Å². The van der Waals surface area contributed by atoms with Crippen LogP contribution in [0.15, 0.2) is 47.4 Å². The Kier molecular flexibility index (Phi) is 4.63. The molecule has 114 valence electrons. The molecule has 5 nitrogen and oxygen atoms in total. The number of ether oxygens (including phenoxy) is 1. The van der Waals surface area contributed by atoms with Gasteiger partial charge in [0, 0.05) is 5.69 Å². The first-order chi connectivity index (χ1) is 10.5. The van der Waals surface area contributed by atoms with E-state index in [0.717, 1.165) is 6.07 Å². The summed E-state index contributed by atoms with van der Waals surface area (Å²) >= 11 is 0. The molecule has 0 aliphatic carbocycles. The Morgan fingerprint density at radius 1 is 1.23 bits per heavy atom. The van der Waals surface area contributed by atoms with E-state index in [4.69, 9.17) is 10.00 Å². The third-order valence-electron chi connectivity index (χ3n) is 2.78. The van der Waals surface area contributed by atoms with Crippen LogP contribution in [0.3, 0.4) is 0 Å². The van der Waals surface area contributed by atoms with E-state index in [1.54, 1.807) is 6.92 Å². The number of nitrogens with zero attached hydrogens (tertiary/aromatic N) is 1. The summed E-state index contributed by atoms with van der Waals surface area (Å²) in [6.07, 6.45) is 0. The van der Waals surface area contributed by atoms with Gasteiger partial charge < -0.3 is 4.74 Å². The normalized spacial score (nSPS) is 10.8. The van der Waals surface area contributed by atoms with E-state index in [1.807, 2.05) is 6.07 Å². The highest BCUT2D eigenvalue weighted by molar-refractivity contribution is 7.92. The Balaban J connectivity index is 2.26. The van der Waals surface area contributed by atoms with Gasteiger partial charge >= 0.3 is 0 Å². The van der Waals surface area contributed by atoms with E-state index in [1.165, 1.54) is 36.4 Å². The lowest BCUT2D eigenvalue weighted by molar-refractivity contribution is 0.321. The first kappa shape index (κ1) is 15.8. The van der Waals surface area contributed by atoms with Crippen LogP contribution in [0.4, 0.5) is 10.1 Å². The zero-order chi connectivity index (χ0) is 16.2. The first-order valence-corrected chi connectivity index (χ1v) is 7.90. The van der Waals surface area contributed by atoms with E-state index < -0.39 is 15.8 Å². The summed E-state index contributed by atoms with van der Waals surface area (Å²) in [6, 6.07) is 11.3. The molecular formula is C15H13FN2O3S. The van der Waals surface area contributed by atoms with Crippen LogP contribution in [0.2, 0.25) is 0 Å². The van der Waals surface area contributed by atoms with Crippen molar-refractivity contribution in [3.63, 3.8) is 0 Å². The lowest BCUT2D eigenvalue weighted by Crippen LogP contribution is -2.13. The number of rotatable bonds is 5. The Morgan fingerprint density at radius 3 is 2.45 bits per heavy atom. The summed E-state index contributed by atoms with van der Waals surface area (Å²) in [5, 5.41) is 8.70. The third kappa shape index (κ3) is 3.54. The highest BCUT2D eigenvalue weighted by Gasteiger charge is 2.17. The van der Waals surface area contributed by atoms with Crippen LogP contribution in [0, 0.1) is 17.1 Å². The topological polar surface area (TPSA) is 79.2 Å². The molecule has 0 amide bonds. The molecule has 2 rings (SSSR count). The highest BCUT2D eigenvalue weighted by atomic mass is 32.2. The van der Waals surface area contributed by atoms with E-state index in [2.05, 4.69) is 4.72 Å². The van der Waals surface area contributed by atoms with Gasteiger partial charge in [0.2, 0.25) is 0 Å². The van der Waals surface area contributed by atoms with Crippen LogP contribution >= 0.6 is 0 Å². The molecule has 0 saturated carbocycles. The van der Waals surface area contributed by atoms with E-state index in [0.29, 0.717) is 5.56 Å². The Bertz CT molecular complexity index is 812. The molecule has 0 bridgehead atoms. The van der Waals surface area contributed by atoms with Crippen LogP contribution in [-0.4, -0.2) is 15.0 Å². The van der Waals surface area contributed by atoms with Gasteiger partial charge in [-0.2, -0.15) is 5.26 Å². The van der Waals surface area contributed by atoms with Crippen molar-refractivity contribution in [2.75, 3.05) is 11.3 Å². The fraction of sp³-hybridized carbons (Fsp3) is 0.133. The second-order valence-electron chi connectivity index (χ2n) is 4.32. The molecule has 1 N–H and O–H groups in total. The Labute approximate surface area is 128 Å². The number of nitrogens with one attached hydrogen (secondary N) is 1. The summed E-state index contributed by atoms with van der Waals surface area (Å²) < 4.78 is 45.5. The molecule has 0 atom stereocenters.